The van der Waals surface area contributed by atoms with Gasteiger partial charge in [-0.25, -0.2) is 8.42 Å². The number of aryl methyl sites for hydroxylation is 1. The number of sulfonamides is 1. The van der Waals surface area contributed by atoms with E-state index in [4.69, 9.17) is 11.6 Å². The monoisotopic (exact) mass is 657 g/mol. The first-order chi connectivity index (χ1) is 22.2. The summed E-state index contributed by atoms with van der Waals surface area (Å²) in [5.74, 6) is -0.759. The molecule has 0 radical (unpaired) electrons. The van der Waals surface area contributed by atoms with Gasteiger partial charge < -0.3 is 10.2 Å². The zero-order valence-corrected chi connectivity index (χ0v) is 27.6. The Morgan fingerprint density at radius 3 is 2.02 bits per heavy atom. The van der Waals surface area contributed by atoms with Gasteiger partial charge in [-0.05, 0) is 55.2 Å². The molecule has 7 nitrogen and oxygen atoms in total. The molecule has 0 heterocycles. The Morgan fingerprint density at radius 1 is 0.804 bits per heavy atom. The second-order valence-corrected chi connectivity index (χ2v) is 14.1. The second-order valence-electron chi connectivity index (χ2n) is 11.8. The summed E-state index contributed by atoms with van der Waals surface area (Å²) < 4.78 is 29.4. The molecule has 1 saturated carbocycles. The molecule has 1 atom stereocenters. The first kappa shape index (κ1) is 33.2. The van der Waals surface area contributed by atoms with Gasteiger partial charge in [0.05, 0.1) is 15.6 Å². The van der Waals surface area contributed by atoms with E-state index in [9.17, 15) is 18.0 Å². The van der Waals surface area contributed by atoms with Crippen LogP contribution in [-0.4, -0.2) is 43.8 Å². The minimum Gasteiger partial charge on any atom is -0.352 e. The molecule has 4 aromatic rings. The SMILES string of the molecule is Cc1ccc(S(=O)(=O)N(CC(=O)N(Cc2ccccc2)[C@@H](Cc2ccccc2)C(=O)NC2CCCCC2)c2ccccc2Cl)cc1. The van der Waals surface area contributed by atoms with Gasteiger partial charge in [-0.15, -0.1) is 0 Å². The predicted molar refractivity (Wildman–Crippen MR) is 183 cm³/mol. The van der Waals surface area contributed by atoms with E-state index in [1.165, 1.54) is 17.0 Å². The number of hydrogen-bond acceptors (Lipinski definition) is 4. The van der Waals surface area contributed by atoms with Crippen molar-refractivity contribution in [3.63, 3.8) is 0 Å². The highest BCUT2D eigenvalue weighted by Gasteiger charge is 2.36. The van der Waals surface area contributed by atoms with Crippen molar-refractivity contribution in [2.45, 2.75) is 69.0 Å². The van der Waals surface area contributed by atoms with Gasteiger partial charge in [0.2, 0.25) is 11.8 Å². The van der Waals surface area contributed by atoms with Crippen LogP contribution in [0.4, 0.5) is 5.69 Å². The molecule has 0 aliphatic heterocycles. The average molecular weight is 658 g/mol. The minimum absolute atomic E-state index is 0.0368. The predicted octanol–water partition coefficient (Wildman–Crippen LogP) is 6.93. The number of nitrogens with one attached hydrogen (secondary N) is 1. The lowest BCUT2D eigenvalue weighted by atomic mass is 9.94. The number of nitrogens with zero attached hydrogens (tertiary/aromatic N) is 2. The third-order valence-corrected chi connectivity index (χ3v) is 10.5. The van der Waals surface area contributed by atoms with Gasteiger partial charge in [0.15, 0.2) is 0 Å². The first-order valence-electron chi connectivity index (χ1n) is 15.7. The number of rotatable bonds is 12. The minimum atomic E-state index is -4.22. The molecule has 1 aliphatic rings. The Labute approximate surface area is 277 Å². The van der Waals surface area contributed by atoms with Gasteiger partial charge in [-0.1, -0.05) is 121 Å². The van der Waals surface area contributed by atoms with Crippen LogP contribution in [0.3, 0.4) is 0 Å². The van der Waals surface area contributed by atoms with E-state index in [2.05, 4.69) is 5.32 Å². The maximum atomic E-state index is 14.6. The maximum absolute atomic E-state index is 14.6. The van der Waals surface area contributed by atoms with Crippen molar-refractivity contribution in [3.8, 4) is 0 Å². The number of benzene rings is 4. The summed E-state index contributed by atoms with van der Waals surface area (Å²) >= 11 is 6.56. The van der Waals surface area contributed by atoms with Crippen LogP contribution in [-0.2, 0) is 32.6 Å². The number of hydrogen-bond donors (Lipinski definition) is 1. The van der Waals surface area contributed by atoms with Gasteiger partial charge >= 0.3 is 0 Å². The number of carbonyl (C=O) groups excluding carboxylic acids is 2. The van der Waals surface area contributed by atoms with Crippen LogP contribution in [0.25, 0.3) is 0 Å². The van der Waals surface area contributed by atoms with Crippen LogP contribution in [0.15, 0.2) is 114 Å². The number of para-hydroxylation sites is 1. The Morgan fingerprint density at radius 2 is 1.39 bits per heavy atom. The normalized spacial score (nSPS) is 14.3. The maximum Gasteiger partial charge on any atom is 0.264 e. The van der Waals surface area contributed by atoms with Crippen molar-refractivity contribution >= 4 is 39.1 Å². The van der Waals surface area contributed by atoms with Crippen molar-refractivity contribution in [1.29, 1.82) is 0 Å². The molecule has 0 unspecified atom stereocenters. The summed E-state index contributed by atoms with van der Waals surface area (Å²) in [6.45, 7) is 1.45. The highest BCUT2D eigenvalue weighted by Crippen LogP contribution is 2.31. The van der Waals surface area contributed by atoms with Crippen molar-refractivity contribution in [1.82, 2.24) is 10.2 Å². The molecule has 5 rings (SSSR count). The van der Waals surface area contributed by atoms with E-state index in [1.54, 1.807) is 36.4 Å². The molecular weight excluding hydrogens is 618 g/mol. The highest BCUT2D eigenvalue weighted by molar-refractivity contribution is 7.92. The number of anilines is 1. The summed E-state index contributed by atoms with van der Waals surface area (Å²) in [6, 6.07) is 31.2. The summed E-state index contributed by atoms with van der Waals surface area (Å²) in [7, 11) is -4.22. The van der Waals surface area contributed by atoms with Gasteiger partial charge in [0.25, 0.3) is 10.0 Å². The molecule has 1 fully saturated rings. The van der Waals surface area contributed by atoms with Crippen molar-refractivity contribution in [3.05, 3.63) is 131 Å². The fraction of sp³-hybridized carbons (Fsp3) is 0.297. The lowest BCUT2D eigenvalue weighted by Crippen LogP contribution is -2.55. The van der Waals surface area contributed by atoms with E-state index >= 15 is 0 Å². The topological polar surface area (TPSA) is 86.8 Å². The standard InChI is InChI=1S/C37H40ClN3O4S/c1-28-21-23-32(24-22-28)46(44,45)41(34-20-12-11-19-33(34)38)27-36(42)40(26-30-15-7-3-8-16-30)35(25-29-13-5-2-6-14-29)37(43)39-31-17-9-4-10-18-31/h2-3,5-8,11-16,19-24,31,35H,4,9-10,17-18,25-27H2,1H3,(H,39,43)/t35-/m0/s1. The Kier molecular flexibility index (Phi) is 11.1. The molecule has 9 heteroatoms. The Balaban J connectivity index is 1.55. The van der Waals surface area contributed by atoms with E-state index in [0.717, 1.165) is 53.1 Å². The molecule has 4 aromatic carbocycles. The van der Waals surface area contributed by atoms with E-state index < -0.39 is 28.5 Å². The van der Waals surface area contributed by atoms with Crippen LogP contribution in [0.1, 0.15) is 48.8 Å². The third-order valence-electron chi connectivity index (χ3n) is 8.43. The molecule has 0 spiro atoms. The van der Waals surface area contributed by atoms with E-state index in [-0.39, 0.29) is 40.5 Å². The quantitative estimate of drug-likeness (QED) is 0.179. The molecule has 0 saturated heterocycles. The van der Waals surface area contributed by atoms with Gasteiger partial charge in [-0.2, -0.15) is 0 Å². The highest BCUT2D eigenvalue weighted by atomic mass is 35.5. The van der Waals surface area contributed by atoms with Crippen molar-refractivity contribution in [2.24, 2.45) is 0 Å². The van der Waals surface area contributed by atoms with Gasteiger partial charge in [-0.3, -0.25) is 13.9 Å². The molecule has 1 N–H and O–H groups in total. The first-order valence-corrected chi connectivity index (χ1v) is 17.6. The molecule has 2 amide bonds. The molecule has 0 aromatic heterocycles. The average Bonchev–Trinajstić information content (AvgIpc) is 3.07. The number of halogens is 1. The third kappa shape index (κ3) is 8.36. The van der Waals surface area contributed by atoms with Crippen LogP contribution >= 0.6 is 11.6 Å². The van der Waals surface area contributed by atoms with E-state index in [0.29, 0.717) is 0 Å². The van der Waals surface area contributed by atoms with Crippen LogP contribution in [0, 0.1) is 6.92 Å². The summed E-state index contributed by atoms with van der Waals surface area (Å²) in [5, 5.41) is 3.42. The van der Waals surface area contributed by atoms with Crippen molar-refractivity contribution in [2.75, 3.05) is 10.8 Å². The Bertz CT molecular complexity index is 1710. The fourth-order valence-corrected chi connectivity index (χ4v) is 7.60. The van der Waals surface area contributed by atoms with Gasteiger partial charge in [0, 0.05) is 19.0 Å². The summed E-state index contributed by atoms with van der Waals surface area (Å²) in [6.07, 6.45) is 5.30. The number of carbonyl (C=O) groups is 2. The largest absolute Gasteiger partial charge is 0.352 e. The smallest absolute Gasteiger partial charge is 0.264 e. The summed E-state index contributed by atoms with van der Waals surface area (Å²) in [4.78, 5) is 30.3. The van der Waals surface area contributed by atoms with Gasteiger partial charge in [0.1, 0.15) is 12.6 Å². The number of amides is 2. The molecule has 46 heavy (non-hydrogen) atoms. The van der Waals surface area contributed by atoms with E-state index in [1.807, 2.05) is 67.6 Å². The second kappa shape index (κ2) is 15.4. The molecular formula is C37H40ClN3O4S. The van der Waals surface area contributed by atoms with Crippen LogP contribution < -0.4 is 9.62 Å². The lowest BCUT2D eigenvalue weighted by molar-refractivity contribution is -0.140. The zero-order valence-electron chi connectivity index (χ0n) is 26.0. The Hall–Kier alpha value is -4.14. The fourth-order valence-electron chi connectivity index (χ4n) is 5.88. The van der Waals surface area contributed by atoms with Crippen LogP contribution in [0.5, 0.6) is 0 Å². The molecule has 0 bridgehead atoms. The van der Waals surface area contributed by atoms with Crippen LogP contribution in [0.2, 0.25) is 5.02 Å². The molecule has 240 valence electrons. The zero-order chi connectivity index (χ0) is 32.5. The lowest BCUT2D eigenvalue weighted by Gasteiger charge is -2.35. The summed E-state index contributed by atoms with van der Waals surface area (Å²) in [5.41, 5.74) is 2.81. The molecule has 1 aliphatic carbocycles. The van der Waals surface area contributed by atoms with Crippen molar-refractivity contribution < 1.29 is 18.0 Å².